The quantitative estimate of drug-likeness (QED) is 0.202. The summed E-state index contributed by atoms with van der Waals surface area (Å²) in [4.78, 5) is 15.2. The van der Waals surface area contributed by atoms with Gasteiger partial charge in [-0.15, -0.1) is 46.4 Å². The maximum atomic E-state index is 10.7. The number of thiophene rings is 3. The van der Waals surface area contributed by atoms with Crippen molar-refractivity contribution < 1.29 is 10.0 Å². The Morgan fingerprint density at radius 1 is 0.906 bits per heavy atom. The lowest BCUT2D eigenvalue weighted by Gasteiger charge is -1.96. The summed E-state index contributed by atoms with van der Waals surface area (Å²) in [6.45, 7) is 5.09. The van der Waals surface area contributed by atoms with Crippen molar-refractivity contribution in [3.63, 3.8) is 0 Å². The van der Waals surface area contributed by atoms with E-state index < -0.39 is 0 Å². The summed E-state index contributed by atoms with van der Waals surface area (Å²) in [5.74, 6) is 0.0199. The lowest BCUT2D eigenvalue weighted by Crippen LogP contribution is -2.01. The van der Waals surface area contributed by atoms with Crippen LogP contribution >= 0.6 is 46.4 Å². The third kappa shape index (κ3) is 9.40. The van der Waals surface area contributed by atoms with E-state index in [1.165, 1.54) is 40.9 Å². The molecule has 3 N–H and O–H groups in total. The number of oxime groups is 1. The molecule has 0 radical (unpaired) electrons. The van der Waals surface area contributed by atoms with Crippen LogP contribution in [0.4, 0.5) is 0 Å². The van der Waals surface area contributed by atoms with Gasteiger partial charge in [-0.25, -0.2) is 0 Å². The van der Waals surface area contributed by atoms with Crippen molar-refractivity contribution >= 4 is 57.9 Å². The van der Waals surface area contributed by atoms with Crippen LogP contribution in [-0.4, -0.2) is 16.7 Å². The molecule has 0 aliphatic heterocycles. The first kappa shape index (κ1) is 29.0. The van der Waals surface area contributed by atoms with E-state index in [4.69, 9.17) is 26.7 Å². The van der Waals surface area contributed by atoms with Gasteiger partial charge >= 0.3 is 0 Å². The monoisotopic (exact) mass is 505 g/mol. The summed E-state index contributed by atoms with van der Waals surface area (Å²) < 4.78 is 0. The number of Topliss-reactive ketones (excluding diaryl/α,β-unsaturated/α-hetero) is 1. The lowest BCUT2D eigenvalue weighted by molar-refractivity contribution is 0.102. The van der Waals surface area contributed by atoms with Gasteiger partial charge in [-0.2, -0.15) is 15.8 Å². The highest BCUT2D eigenvalue weighted by molar-refractivity contribution is 7.15. The van der Waals surface area contributed by atoms with Crippen LogP contribution in [0, 0.1) is 34.0 Å². The Hall–Kier alpha value is -3.04. The summed E-state index contributed by atoms with van der Waals surface area (Å²) in [6, 6.07) is 16.6. The van der Waals surface area contributed by atoms with Crippen molar-refractivity contribution in [3.05, 3.63) is 65.7 Å². The minimum Gasteiger partial charge on any atom is -0.411 e. The van der Waals surface area contributed by atoms with Crippen LogP contribution in [-0.2, 0) is 0 Å². The Labute approximate surface area is 204 Å². The molecule has 0 saturated carbocycles. The summed E-state index contributed by atoms with van der Waals surface area (Å²) >= 11 is 4.00. The van der Waals surface area contributed by atoms with Gasteiger partial charge in [-0.1, -0.05) is 5.16 Å². The SMILES string of the molecule is C/C(=N\O)c1ccc(C#N)s1.CC(=O)c1ccc(C#N)s1.CC(N)c1ccc(C#N)s1.Cl. The molecule has 0 saturated heterocycles. The molecular weight excluding hydrogens is 486 g/mol. The highest BCUT2D eigenvalue weighted by Gasteiger charge is 2.03. The van der Waals surface area contributed by atoms with Crippen LogP contribution in [0.5, 0.6) is 0 Å². The average Bonchev–Trinajstić information content (AvgIpc) is 3.53. The first-order valence-electron chi connectivity index (χ1n) is 8.70. The average molecular weight is 506 g/mol. The summed E-state index contributed by atoms with van der Waals surface area (Å²) in [5, 5.41) is 36.7. The van der Waals surface area contributed by atoms with Gasteiger partial charge in [0.05, 0.1) is 15.5 Å². The highest BCUT2D eigenvalue weighted by atomic mass is 35.5. The first-order valence-corrected chi connectivity index (χ1v) is 11.2. The van der Waals surface area contributed by atoms with Gasteiger partial charge in [-0.05, 0) is 57.2 Å². The van der Waals surface area contributed by atoms with Gasteiger partial charge in [0.15, 0.2) is 5.78 Å². The van der Waals surface area contributed by atoms with E-state index in [-0.39, 0.29) is 24.2 Å². The zero-order valence-electron chi connectivity index (χ0n) is 17.4. The fourth-order valence-electron chi connectivity index (χ4n) is 1.89. The van der Waals surface area contributed by atoms with E-state index in [0.717, 1.165) is 14.6 Å². The number of ketones is 1. The Kier molecular flexibility index (Phi) is 13.5. The molecule has 0 amide bonds. The minimum absolute atomic E-state index is 0. The molecule has 0 aliphatic rings. The minimum atomic E-state index is 0. The van der Waals surface area contributed by atoms with E-state index >= 15 is 0 Å². The number of nitrogens with two attached hydrogens (primary N) is 1. The maximum absolute atomic E-state index is 10.7. The molecule has 32 heavy (non-hydrogen) atoms. The molecular formula is C21H20ClN5O2S3. The summed E-state index contributed by atoms with van der Waals surface area (Å²) in [5.41, 5.74) is 6.12. The molecule has 1 atom stereocenters. The van der Waals surface area contributed by atoms with Crippen molar-refractivity contribution in [2.75, 3.05) is 0 Å². The van der Waals surface area contributed by atoms with Crippen LogP contribution in [0.1, 0.15) is 60.9 Å². The molecule has 0 fully saturated rings. The molecule has 166 valence electrons. The smallest absolute Gasteiger partial charge is 0.169 e. The third-order valence-corrected chi connectivity index (χ3v) is 6.85. The van der Waals surface area contributed by atoms with Crippen molar-refractivity contribution in [1.29, 1.82) is 15.8 Å². The van der Waals surface area contributed by atoms with Gasteiger partial charge in [0.1, 0.15) is 32.8 Å². The fourth-order valence-corrected chi connectivity index (χ4v) is 4.09. The first-order chi connectivity index (χ1) is 14.7. The second-order valence-electron chi connectivity index (χ2n) is 5.90. The molecule has 7 nitrogen and oxygen atoms in total. The second-order valence-corrected chi connectivity index (χ2v) is 9.18. The number of nitrogens with zero attached hydrogens (tertiary/aromatic N) is 4. The number of hydrogen-bond acceptors (Lipinski definition) is 10. The van der Waals surface area contributed by atoms with Crippen LogP contribution < -0.4 is 5.73 Å². The molecule has 0 spiro atoms. The number of halogens is 1. The topological polar surface area (TPSA) is 147 Å². The van der Waals surface area contributed by atoms with Crippen LogP contribution in [0.3, 0.4) is 0 Å². The Morgan fingerprint density at radius 2 is 1.34 bits per heavy atom. The maximum Gasteiger partial charge on any atom is 0.169 e. The Bertz CT molecular complexity index is 1170. The van der Waals surface area contributed by atoms with Gasteiger partial charge in [0.25, 0.3) is 0 Å². The largest absolute Gasteiger partial charge is 0.411 e. The van der Waals surface area contributed by atoms with Gasteiger partial charge in [-0.3, -0.25) is 4.79 Å². The van der Waals surface area contributed by atoms with E-state index in [1.807, 2.05) is 25.1 Å². The van der Waals surface area contributed by atoms with Crippen molar-refractivity contribution in [2.24, 2.45) is 10.9 Å². The van der Waals surface area contributed by atoms with Crippen LogP contribution in [0.15, 0.2) is 41.6 Å². The highest BCUT2D eigenvalue weighted by Crippen LogP contribution is 2.20. The van der Waals surface area contributed by atoms with E-state index in [2.05, 4.69) is 11.2 Å². The van der Waals surface area contributed by atoms with E-state index in [9.17, 15) is 4.79 Å². The summed E-state index contributed by atoms with van der Waals surface area (Å²) in [6.07, 6.45) is 0. The van der Waals surface area contributed by atoms with Crippen LogP contribution in [0.25, 0.3) is 0 Å². The van der Waals surface area contributed by atoms with Crippen LogP contribution in [0.2, 0.25) is 0 Å². The normalized spacial score (nSPS) is 10.5. The predicted octanol–water partition coefficient (Wildman–Crippen LogP) is 5.70. The Morgan fingerprint density at radius 3 is 1.66 bits per heavy atom. The van der Waals surface area contributed by atoms with Gasteiger partial charge in [0, 0.05) is 10.9 Å². The molecule has 3 heterocycles. The zero-order chi connectivity index (χ0) is 23.4. The number of nitriles is 3. The molecule has 3 aromatic heterocycles. The van der Waals surface area contributed by atoms with Crippen molar-refractivity contribution in [1.82, 2.24) is 0 Å². The zero-order valence-corrected chi connectivity index (χ0v) is 20.7. The number of rotatable bonds is 3. The number of carbonyl (C=O) groups excluding carboxylic acids is 1. The van der Waals surface area contributed by atoms with E-state index in [0.29, 0.717) is 20.3 Å². The predicted molar refractivity (Wildman–Crippen MR) is 131 cm³/mol. The molecule has 11 heteroatoms. The fraction of sp³-hybridized carbons (Fsp3) is 0.190. The van der Waals surface area contributed by atoms with E-state index in [1.54, 1.807) is 37.3 Å². The van der Waals surface area contributed by atoms with Crippen molar-refractivity contribution in [2.45, 2.75) is 26.8 Å². The lowest BCUT2D eigenvalue weighted by atomic mass is 10.3. The van der Waals surface area contributed by atoms with Gasteiger partial charge in [0.2, 0.25) is 0 Å². The molecule has 0 aromatic carbocycles. The van der Waals surface area contributed by atoms with Gasteiger partial charge < -0.3 is 10.9 Å². The molecule has 3 rings (SSSR count). The van der Waals surface area contributed by atoms with Crippen molar-refractivity contribution in [3.8, 4) is 18.2 Å². The number of hydrogen-bond donors (Lipinski definition) is 2. The standard InChI is InChI=1S/C7H6N2OS.C7H8N2S.C7H5NOS.ClH/c1-5(9-10)7-3-2-6(4-8)11-7;2*1-5(9)7-3-2-6(4-8)10-7;/h2-3,10H,1H3;2-3,5H,9H2,1H3;2-3H,1H3;1H/b9-5+;;;. The molecule has 0 aliphatic carbocycles. The second kappa shape index (κ2) is 14.9. The number of carbonyl (C=O) groups is 1. The third-order valence-electron chi connectivity index (χ3n) is 3.47. The molecule has 1 unspecified atom stereocenters. The molecule has 3 aromatic rings. The Balaban J connectivity index is 0.000000444. The molecule has 0 bridgehead atoms. The summed E-state index contributed by atoms with van der Waals surface area (Å²) in [7, 11) is 0.